The quantitative estimate of drug-likeness (QED) is 0.175. The number of hydrogen-bond donors (Lipinski definition) is 0. The van der Waals surface area contributed by atoms with Gasteiger partial charge in [0.25, 0.3) is 0 Å². The van der Waals surface area contributed by atoms with Crippen LogP contribution in [-0.4, -0.2) is 0 Å². The van der Waals surface area contributed by atoms with E-state index in [1.165, 1.54) is 38.9 Å². The van der Waals surface area contributed by atoms with E-state index in [1.807, 2.05) is 6.07 Å². The number of anilines is 3. The molecule has 1 aliphatic heterocycles. The highest BCUT2D eigenvalue weighted by atomic mass is 16.6. The Kier molecular flexibility index (Phi) is 7.14. The molecule has 9 aromatic rings. The van der Waals surface area contributed by atoms with Crippen LogP contribution < -0.4 is 14.4 Å². The van der Waals surface area contributed by atoms with Crippen LogP contribution in [0.4, 0.5) is 17.1 Å². The molecule has 0 unspecified atom stereocenters. The lowest BCUT2D eigenvalue weighted by Gasteiger charge is -2.32. The molecule has 1 heterocycles. The zero-order valence-electron chi connectivity index (χ0n) is 31.5. The fourth-order valence-corrected chi connectivity index (χ4v) is 9.81. The van der Waals surface area contributed by atoms with Crippen molar-refractivity contribution in [1.82, 2.24) is 0 Å². The highest BCUT2D eigenvalue weighted by Crippen LogP contribution is 2.66. The van der Waals surface area contributed by atoms with Crippen molar-refractivity contribution in [2.45, 2.75) is 5.41 Å². The van der Waals surface area contributed by atoms with Gasteiger partial charge in [-0.25, -0.2) is 0 Å². The third-order valence-corrected chi connectivity index (χ3v) is 12.2. The van der Waals surface area contributed by atoms with E-state index < -0.39 is 5.41 Å². The van der Waals surface area contributed by atoms with Gasteiger partial charge in [0, 0.05) is 22.8 Å². The Morgan fingerprint density at radius 3 is 1.38 bits per heavy atom. The SMILES string of the molecule is c1ccc(-c2ccccc2N(c2ccc3c(c2)Oc2c(ccc4c2-c2ccccc2C42c4ccccc4-c4ccccc42)O3)c2ccccc2-c2ccccc2)cc1. The van der Waals surface area contributed by atoms with Crippen molar-refractivity contribution in [2.24, 2.45) is 0 Å². The van der Waals surface area contributed by atoms with E-state index in [4.69, 9.17) is 9.47 Å². The molecule has 58 heavy (non-hydrogen) atoms. The van der Waals surface area contributed by atoms with Crippen LogP contribution in [0, 0.1) is 0 Å². The van der Waals surface area contributed by atoms with Gasteiger partial charge in [-0.2, -0.15) is 0 Å². The van der Waals surface area contributed by atoms with Crippen molar-refractivity contribution in [3.63, 3.8) is 0 Å². The van der Waals surface area contributed by atoms with E-state index in [0.29, 0.717) is 17.2 Å². The smallest absolute Gasteiger partial charge is 0.178 e. The fraction of sp³-hybridized carbons (Fsp3) is 0.0182. The zero-order chi connectivity index (χ0) is 38.2. The summed E-state index contributed by atoms with van der Waals surface area (Å²) < 4.78 is 14.0. The van der Waals surface area contributed by atoms with Crippen LogP contribution in [0.2, 0.25) is 0 Å². The van der Waals surface area contributed by atoms with Crippen LogP contribution in [0.3, 0.4) is 0 Å². The van der Waals surface area contributed by atoms with E-state index in [1.54, 1.807) is 0 Å². The van der Waals surface area contributed by atoms with Crippen LogP contribution >= 0.6 is 0 Å². The molecule has 12 rings (SSSR count). The first-order chi connectivity index (χ1) is 28.8. The molecule has 2 aliphatic carbocycles. The first-order valence-electron chi connectivity index (χ1n) is 19.8. The predicted octanol–water partition coefficient (Wildman–Crippen LogP) is 14.7. The highest BCUT2D eigenvalue weighted by Gasteiger charge is 2.53. The van der Waals surface area contributed by atoms with Crippen LogP contribution in [0.25, 0.3) is 44.5 Å². The molecule has 3 nitrogen and oxygen atoms in total. The zero-order valence-corrected chi connectivity index (χ0v) is 31.5. The molecule has 272 valence electrons. The molecule has 0 fully saturated rings. The molecular formula is C55H35NO2. The summed E-state index contributed by atoms with van der Waals surface area (Å²) >= 11 is 0. The van der Waals surface area contributed by atoms with E-state index in [0.717, 1.165) is 50.6 Å². The lowest BCUT2D eigenvalue weighted by atomic mass is 9.70. The average molecular weight is 742 g/mol. The molecule has 3 aliphatic rings. The number of rotatable bonds is 5. The second-order valence-corrected chi connectivity index (χ2v) is 15.1. The van der Waals surface area contributed by atoms with Gasteiger partial charge in [0.1, 0.15) is 0 Å². The van der Waals surface area contributed by atoms with Gasteiger partial charge in [0.2, 0.25) is 0 Å². The number of benzene rings is 9. The Balaban J connectivity index is 1.05. The Morgan fingerprint density at radius 1 is 0.328 bits per heavy atom. The second-order valence-electron chi connectivity index (χ2n) is 15.1. The summed E-state index contributed by atoms with van der Waals surface area (Å²) in [4.78, 5) is 2.36. The fourth-order valence-electron chi connectivity index (χ4n) is 9.81. The minimum Gasteiger partial charge on any atom is -0.449 e. The average Bonchev–Trinajstić information content (AvgIpc) is 3.77. The van der Waals surface area contributed by atoms with Gasteiger partial charge >= 0.3 is 0 Å². The monoisotopic (exact) mass is 741 g/mol. The molecule has 0 aromatic heterocycles. The van der Waals surface area contributed by atoms with Gasteiger partial charge in [0.15, 0.2) is 23.0 Å². The molecule has 0 saturated carbocycles. The minimum atomic E-state index is -0.473. The molecule has 0 saturated heterocycles. The maximum Gasteiger partial charge on any atom is 0.178 e. The number of hydrogen-bond acceptors (Lipinski definition) is 3. The van der Waals surface area contributed by atoms with Crippen molar-refractivity contribution in [2.75, 3.05) is 4.90 Å². The molecule has 0 amide bonds. The Bertz CT molecular complexity index is 2950. The molecule has 0 bridgehead atoms. The molecule has 1 spiro atoms. The molecule has 9 aromatic carbocycles. The minimum absolute atomic E-state index is 0.473. The summed E-state index contributed by atoms with van der Waals surface area (Å²) in [7, 11) is 0. The summed E-state index contributed by atoms with van der Waals surface area (Å²) in [5.41, 5.74) is 17.0. The summed E-state index contributed by atoms with van der Waals surface area (Å²) in [6.45, 7) is 0. The van der Waals surface area contributed by atoms with Gasteiger partial charge in [-0.3, -0.25) is 0 Å². The lowest BCUT2D eigenvalue weighted by molar-refractivity contribution is 0.360. The number of ether oxygens (including phenoxy) is 2. The molecule has 0 atom stereocenters. The lowest BCUT2D eigenvalue weighted by Crippen LogP contribution is -2.25. The van der Waals surface area contributed by atoms with Crippen molar-refractivity contribution >= 4 is 17.1 Å². The van der Waals surface area contributed by atoms with Gasteiger partial charge in [-0.1, -0.05) is 176 Å². The van der Waals surface area contributed by atoms with Crippen molar-refractivity contribution < 1.29 is 9.47 Å². The topological polar surface area (TPSA) is 21.7 Å². The van der Waals surface area contributed by atoms with E-state index in [9.17, 15) is 0 Å². The third kappa shape index (κ3) is 4.62. The van der Waals surface area contributed by atoms with Crippen LogP contribution in [0.15, 0.2) is 212 Å². The summed E-state index contributed by atoms with van der Waals surface area (Å²) in [6, 6.07) is 75.7. The Hall–Kier alpha value is -7.62. The van der Waals surface area contributed by atoms with Gasteiger partial charge in [0.05, 0.1) is 22.5 Å². The summed E-state index contributed by atoms with van der Waals surface area (Å²) in [5.74, 6) is 2.81. The standard InChI is InChI=1S/C55H35NO2/c1-3-17-36(18-4-1)39-21-10-15-29-48(39)56(49-30-16-11-22-40(49)37-19-5-2-6-20-37)38-31-33-50-52(35-38)58-54-51(57-50)34-32-47-53(54)43-25-9-14-28-46(43)55(47)44-26-12-7-23-41(44)42-24-8-13-27-45(42)55/h1-35H. The molecule has 0 N–H and O–H groups in total. The second kappa shape index (κ2) is 12.7. The van der Waals surface area contributed by atoms with Gasteiger partial charge in [-0.05, 0) is 80.4 Å². The van der Waals surface area contributed by atoms with Crippen molar-refractivity contribution in [3.8, 4) is 67.5 Å². The molecular weight excluding hydrogens is 707 g/mol. The molecule has 3 heteroatoms. The van der Waals surface area contributed by atoms with E-state index >= 15 is 0 Å². The van der Waals surface area contributed by atoms with Crippen LogP contribution in [-0.2, 0) is 5.41 Å². The largest absolute Gasteiger partial charge is 0.449 e. The van der Waals surface area contributed by atoms with Crippen LogP contribution in [0.1, 0.15) is 22.3 Å². The maximum atomic E-state index is 7.20. The van der Waals surface area contributed by atoms with E-state index in [-0.39, 0.29) is 0 Å². The maximum absolute atomic E-state index is 7.20. The highest BCUT2D eigenvalue weighted by molar-refractivity contribution is 5.98. The van der Waals surface area contributed by atoms with E-state index in [2.05, 4.69) is 211 Å². The summed E-state index contributed by atoms with van der Waals surface area (Å²) in [6.07, 6.45) is 0. The number of fused-ring (bicyclic) bond motifs is 13. The Labute approximate surface area is 337 Å². The number of para-hydroxylation sites is 2. The molecule has 0 radical (unpaired) electrons. The first kappa shape index (κ1) is 32.6. The number of nitrogens with zero attached hydrogens (tertiary/aromatic N) is 1. The predicted molar refractivity (Wildman–Crippen MR) is 235 cm³/mol. The third-order valence-electron chi connectivity index (χ3n) is 12.2. The Morgan fingerprint density at radius 2 is 0.793 bits per heavy atom. The van der Waals surface area contributed by atoms with Crippen molar-refractivity contribution in [3.05, 3.63) is 235 Å². The normalized spacial score (nSPS) is 13.2. The van der Waals surface area contributed by atoms with Gasteiger partial charge in [-0.15, -0.1) is 0 Å². The van der Waals surface area contributed by atoms with Gasteiger partial charge < -0.3 is 14.4 Å². The van der Waals surface area contributed by atoms with Crippen LogP contribution in [0.5, 0.6) is 23.0 Å². The summed E-state index contributed by atoms with van der Waals surface area (Å²) in [5, 5.41) is 0. The van der Waals surface area contributed by atoms with Crippen molar-refractivity contribution in [1.29, 1.82) is 0 Å². The first-order valence-corrected chi connectivity index (χ1v) is 19.8.